The molecule has 86 valence electrons. The van der Waals surface area contributed by atoms with Gasteiger partial charge < -0.3 is 4.74 Å². The summed E-state index contributed by atoms with van der Waals surface area (Å²) in [6.07, 6.45) is 1.03. The first kappa shape index (κ1) is 11.6. The fraction of sp³-hybridized carbons (Fsp3) is 0. The topological polar surface area (TPSA) is 51.2 Å². The number of hydrogen-bond acceptors (Lipinski definition) is 3. The van der Waals surface area contributed by atoms with Gasteiger partial charge in [0.25, 0.3) is 0 Å². The third kappa shape index (κ3) is 3.57. The Morgan fingerprint density at radius 3 is 2.59 bits per heavy atom. The Balaban J connectivity index is 1.96. The van der Waals surface area contributed by atoms with Gasteiger partial charge in [0.2, 0.25) is 0 Å². The van der Waals surface area contributed by atoms with E-state index in [1.54, 1.807) is 42.6 Å². The van der Waals surface area contributed by atoms with Crippen LogP contribution in [0.25, 0.3) is 0 Å². The van der Waals surface area contributed by atoms with Gasteiger partial charge in [0.05, 0.1) is 0 Å². The number of benzene rings is 1. The van der Waals surface area contributed by atoms with E-state index in [0.717, 1.165) is 4.47 Å². The van der Waals surface area contributed by atoms with Crippen LogP contribution in [0.15, 0.2) is 53.1 Å². The van der Waals surface area contributed by atoms with E-state index in [-0.39, 0.29) is 0 Å². The average Bonchev–Trinajstić information content (AvgIpc) is 2.33. The number of pyridine rings is 1. The first-order valence-electron chi connectivity index (χ1n) is 4.89. The van der Waals surface area contributed by atoms with Gasteiger partial charge in [-0.05, 0) is 40.2 Å². The molecule has 4 nitrogen and oxygen atoms in total. The third-order valence-corrected chi connectivity index (χ3v) is 2.38. The highest BCUT2D eigenvalue weighted by molar-refractivity contribution is 9.10. The summed E-state index contributed by atoms with van der Waals surface area (Å²) in [7, 11) is 0. The highest BCUT2D eigenvalue weighted by Crippen LogP contribution is 2.12. The van der Waals surface area contributed by atoms with Crippen LogP contribution in [0, 0.1) is 0 Å². The minimum absolute atomic E-state index is 0.439. The molecule has 0 unspecified atom stereocenters. The molecule has 0 aliphatic carbocycles. The lowest BCUT2D eigenvalue weighted by Gasteiger charge is -2.05. The van der Waals surface area contributed by atoms with Gasteiger partial charge in [0.1, 0.15) is 11.6 Å². The second-order valence-corrected chi connectivity index (χ2v) is 4.10. The molecule has 2 aromatic rings. The molecule has 0 radical (unpaired) electrons. The minimum atomic E-state index is -0.564. The third-order valence-electron chi connectivity index (χ3n) is 1.91. The quantitative estimate of drug-likeness (QED) is 0.922. The molecule has 2 rings (SSSR count). The van der Waals surface area contributed by atoms with E-state index < -0.39 is 6.09 Å². The molecule has 0 atom stereocenters. The number of carbonyl (C=O) groups is 1. The van der Waals surface area contributed by atoms with Gasteiger partial charge in [-0.2, -0.15) is 0 Å². The predicted octanol–water partition coefficient (Wildman–Crippen LogP) is 3.46. The zero-order chi connectivity index (χ0) is 12.1. The zero-order valence-corrected chi connectivity index (χ0v) is 10.3. The van der Waals surface area contributed by atoms with Crippen molar-refractivity contribution in [3.05, 3.63) is 53.1 Å². The van der Waals surface area contributed by atoms with Crippen LogP contribution in [-0.2, 0) is 0 Å². The van der Waals surface area contributed by atoms with Crippen molar-refractivity contribution in [3.8, 4) is 5.75 Å². The first-order chi connectivity index (χ1) is 8.24. The summed E-state index contributed by atoms with van der Waals surface area (Å²) in [5.74, 6) is 0.927. The first-order valence-corrected chi connectivity index (χ1v) is 5.69. The highest BCUT2D eigenvalue weighted by Gasteiger charge is 2.04. The lowest BCUT2D eigenvalue weighted by molar-refractivity contribution is 0.215. The van der Waals surface area contributed by atoms with Crippen LogP contribution < -0.4 is 10.1 Å². The summed E-state index contributed by atoms with van der Waals surface area (Å²) < 4.78 is 5.89. The average molecular weight is 293 g/mol. The molecule has 0 aliphatic heterocycles. The Morgan fingerprint density at radius 1 is 1.18 bits per heavy atom. The van der Waals surface area contributed by atoms with Gasteiger partial charge in [-0.3, -0.25) is 5.32 Å². The standard InChI is InChI=1S/C12H9BrN2O2/c13-9-6-7-11(14-8-9)15-12(16)17-10-4-2-1-3-5-10/h1-8H,(H,14,15,16). The monoisotopic (exact) mass is 292 g/mol. The molecule has 0 aliphatic rings. The second kappa shape index (κ2) is 5.45. The second-order valence-electron chi connectivity index (χ2n) is 3.19. The van der Waals surface area contributed by atoms with Crippen molar-refractivity contribution in [1.82, 2.24) is 4.98 Å². The van der Waals surface area contributed by atoms with Gasteiger partial charge in [-0.15, -0.1) is 0 Å². The van der Waals surface area contributed by atoms with E-state index in [4.69, 9.17) is 4.74 Å². The summed E-state index contributed by atoms with van der Waals surface area (Å²) in [6.45, 7) is 0. The summed E-state index contributed by atoms with van der Waals surface area (Å²) in [5, 5.41) is 2.52. The van der Waals surface area contributed by atoms with Crippen molar-refractivity contribution < 1.29 is 9.53 Å². The Morgan fingerprint density at radius 2 is 1.94 bits per heavy atom. The van der Waals surface area contributed by atoms with E-state index in [1.807, 2.05) is 6.07 Å². The van der Waals surface area contributed by atoms with Crippen LogP contribution in [0.5, 0.6) is 5.75 Å². The molecule has 0 spiro atoms. The Bertz CT molecular complexity index is 500. The van der Waals surface area contributed by atoms with E-state index in [2.05, 4.69) is 26.2 Å². The lowest BCUT2D eigenvalue weighted by atomic mass is 10.3. The van der Waals surface area contributed by atoms with Gasteiger partial charge in [0, 0.05) is 10.7 Å². The molecular weight excluding hydrogens is 284 g/mol. The van der Waals surface area contributed by atoms with Crippen molar-refractivity contribution >= 4 is 27.8 Å². The summed E-state index contributed by atoms with van der Waals surface area (Å²) in [4.78, 5) is 15.5. The van der Waals surface area contributed by atoms with Crippen molar-refractivity contribution in [2.24, 2.45) is 0 Å². The van der Waals surface area contributed by atoms with Crippen LogP contribution in [0.1, 0.15) is 0 Å². The van der Waals surface area contributed by atoms with E-state index in [1.165, 1.54) is 0 Å². The lowest BCUT2D eigenvalue weighted by Crippen LogP contribution is -2.17. The molecule has 5 heteroatoms. The number of nitrogens with one attached hydrogen (secondary N) is 1. The molecule has 1 amide bonds. The molecule has 1 N–H and O–H groups in total. The van der Waals surface area contributed by atoms with E-state index in [0.29, 0.717) is 11.6 Å². The maximum Gasteiger partial charge on any atom is 0.418 e. The molecule has 1 aromatic heterocycles. The molecule has 0 fully saturated rings. The van der Waals surface area contributed by atoms with Gasteiger partial charge in [0.15, 0.2) is 0 Å². The predicted molar refractivity (Wildman–Crippen MR) is 68.0 cm³/mol. The van der Waals surface area contributed by atoms with Crippen LogP contribution in [0.3, 0.4) is 0 Å². The number of halogens is 1. The Labute approximate surface area is 107 Å². The number of nitrogens with zero attached hydrogens (tertiary/aromatic N) is 1. The normalized spacial score (nSPS) is 9.71. The number of carbonyl (C=O) groups excluding carboxylic acids is 1. The summed E-state index contributed by atoms with van der Waals surface area (Å²) in [5.41, 5.74) is 0. The molecule has 0 saturated carbocycles. The molecular formula is C12H9BrN2O2. The smallest absolute Gasteiger partial charge is 0.410 e. The SMILES string of the molecule is O=C(Nc1ccc(Br)cn1)Oc1ccccc1. The van der Waals surface area contributed by atoms with Crippen LogP contribution in [0.4, 0.5) is 10.6 Å². The largest absolute Gasteiger partial charge is 0.418 e. The van der Waals surface area contributed by atoms with E-state index >= 15 is 0 Å². The van der Waals surface area contributed by atoms with Crippen LogP contribution >= 0.6 is 15.9 Å². The molecule has 17 heavy (non-hydrogen) atoms. The Kier molecular flexibility index (Phi) is 3.72. The number of para-hydroxylation sites is 1. The maximum atomic E-state index is 11.5. The highest BCUT2D eigenvalue weighted by atomic mass is 79.9. The summed E-state index contributed by atoms with van der Waals surface area (Å²) >= 11 is 3.26. The van der Waals surface area contributed by atoms with Crippen molar-refractivity contribution in [3.63, 3.8) is 0 Å². The fourth-order valence-electron chi connectivity index (χ4n) is 1.18. The molecule has 1 aromatic carbocycles. The number of anilines is 1. The Hall–Kier alpha value is -1.88. The maximum absolute atomic E-state index is 11.5. The van der Waals surface area contributed by atoms with Gasteiger partial charge >= 0.3 is 6.09 Å². The number of aromatic nitrogens is 1. The van der Waals surface area contributed by atoms with Crippen molar-refractivity contribution in [2.75, 3.05) is 5.32 Å². The van der Waals surface area contributed by atoms with Gasteiger partial charge in [-0.1, -0.05) is 18.2 Å². The molecule has 0 bridgehead atoms. The molecule has 0 saturated heterocycles. The van der Waals surface area contributed by atoms with Crippen LogP contribution in [-0.4, -0.2) is 11.1 Å². The number of rotatable bonds is 2. The van der Waals surface area contributed by atoms with E-state index in [9.17, 15) is 4.79 Å². The van der Waals surface area contributed by atoms with Gasteiger partial charge in [-0.25, -0.2) is 9.78 Å². The fourth-order valence-corrected chi connectivity index (χ4v) is 1.41. The number of amides is 1. The van der Waals surface area contributed by atoms with Crippen LogP contribution in [0.2, 0.25) is 0 Å². The minimum Gasteiger partial charge on any atom is -0.410 e. The van der Waals surface area contributed by atoms with Crippen molar-refractivity contribution in [2.45, 2.75) is 0 Å². The number of ether oxygens (including phenoxy) is 1. The molecule has 1 heterocycles. The van der Waals surface area contributed by atoms with Crippen molar-refractivity contribution in [1.29, 1.82) is 0 Å². The zero-order valence-electron chi connectivity index (χ0n) is 8.76. The number of hydrogen-bond donors (Lipinski definition) is 1. The summed E-state index contributed by atoms with van der Waals surface area (Å²) in [6, 6.07) is 12.3.